The predicted octanol–water partition coefficient (Wildman–Crippen LogP) is 6.45. The molecule has 4 aromatic rings. The van der Waals surface area contributed by atoms with E-state index in [2.05, 4.69) is 15.4 Å². The highest BCUT2D eigenvalue weighted by molar-refractivity contribution is 6.13. The molecule has 0 radical (unpaired) electrons. The van der Waals surface area contributed by atoms with Gasteiger partial charge >= 0.3 is 12.1 Å². The number of hydrogen-bond acceptors (Lipinski definition) is 6. The number of carbonyl (C=O) groups is 3. The Morgan fingerprint density at radius 3 is 2.07 bits per heavy atom. The molecular formula is C34H29N7O3. The van der Waals surface area contributed by atoms with E-state index in [1.54, 1.807) is 31.7 Å². The lowest BCUT2D eigenvalue weighted by atomic mass is 10.0. The molecule has 0 unspecified atom stereocenters. The van der Waals surface area contributed by atoms with Crippen molar-refractivity contribution in [1.82, 2.24) is 9.80 Å². The lowest BCUT2D eigenvalue weighted by Crippen LogP contribution is -2.62. The third kappa shape index (κ3) is 4.90. The van der Waals surface area contributed by atoms with Gasteiger partial charge in [-0.2, -0.15) is 5.11 Å². The maximum atomic E-state index is 14.7. The molecule has 7 rings (SSSR count). The summed E-state index contributed by atoms with van der Waals surface area (Å²) in [5, 5.41) is 12.2. The van der Waals surface area contributed by atoms with Crippen LogP contribution in [0.2, 0.25) is 0 Å². The summed E-state index contributed by atoms with van der Waals surface area (Å²) in [4.78, 5) is 49.0. The minimum absolute atomic E-state index is 0.0463. The number of urea groups is 2. The van der Waals surface area contributed by atoms with Crippen molar-refractivity contribution >= 4 is 46.3 Å². The first kappa shape index (κ1) is 27.2. The van der Waals surface area contributed by atoms with Crippen LogP contribution in [-0.4, -0.2) is 65.6 Å². The number of nitrogens with zero attached hydrogens (tertiary/aromatic N) is 7. The van der Waals surface area contributed by atoms with Gasteiger partial charge < -0.3 is 9.80 Å². The van der Waals surface area contributed by atoms with Crippen LogP contribution >= 0.6 is 0 Å². The van der Waals surface area contributed by atoms with Crippen molar-refractivity contribution in [1.29, 1.82) is 0 Å². The molecule has 0 N–H and O–H groups in total. The minimum Gasteiger partial charge on any atom is -0.320 e. The largest absolute Gasteiger partial charge is 0.329 e. The van der Waals surface area contributed by atoms with Crippen molar-refractivity contribution < 1.29 is 14.4 Å². The monoisotopic (exact) mass is 583 g/mol. The average Bonchev–Trinajstić information content (AvgIpc) is 3.58. The Morgan fingerprint density at radius 2 is 1.39 bits per heavy atom. The van der Waals surface area contributed by atoms with E-state index in [9.17, 15) is 14.4 Å². The van der Waals surface area contributed by atoms with Gasteiger partial charge in [0.2, 0.25) is 0 Å². The van der Waals surface area contributed by atoms with Crippen molar-refractivity contribution in [3.63, 3.8) is 0 Å². The summed E-state index contributed by atoms with van der Waals surface area (Å²) in [5.74, 6) is -0.0463. The Bertz CT molecular complexity index is 1750. The van der Waals surface area contributed by atoms with E-state index in [1.165, 1.54) is 0 Å². The maximum Gasteiger partial charge on any atom is 0.329 e. The molecule has 1 saturated heterocycles. The second kappa shape index (κ2) is 11.6. The van der Waals surface area contributed by atoms with E-state index in [4.69, 9.17) is 0 Å². The van der Waals surface area contributed by atoms with Crippen LogP contribution in [0.15, 0.2) is 125 Å². The standard InChI is InChI=1S/C34H29N7O3/c42-32-21-24-11-7-9-17-29(24)41(30-18-10-8-16-27(30)32)34(44)39-20-19-38(23-31(39)28-22-35-37-36-28)33(43)40(25-12-3-1-4-13-25)26-14-5-2-6-15-26/h1-18,31H,19-23H2/t31-/m0/s1. The number of carbonyl (C=O) groups excluding carboxylic acids is 3. The summed E-state index contributed by atoms with van der Waals surface area (Å²) >= 11 is 0. The Hall–Kier alpha value is -5.64. The van der Waals surface area contributed by atoms with E-state index in [1.807, 2.05) is 97.1 Å². The van der Waals surface area contributed by atoms with Crippen LogP contribution in [0.1, 0.15) is 15.9 Å². The number of hydrogen-bond donors (Lipinski definition) is 0. The highest BCUT2D eigenvalue weighted by atomic mass is 16.2. The van der Waals surface area contributed by atoms with Crippen LogP contribution < -0.4 is 9.80 Å². The number of rotatable bonds is 3. The summed E-state index contributed by atoms with van der Waals surface area (Å²) in [6.07, 6.45) is 0.196. The number of amides is 4. The van der Waals surface area contributed by atoms with E-state index in [0.29, 0.717) is 29.2 Å². The molecule has 3 aliphatic heterocycles. The third-order valence-corrected chi connectivity index (χ3v) is 8.19. The number of fused-ring (bicyclic) bond motifs is 2. The lowest BCUT2D eigenvalue weighted by molar-refractivity contribution is 0.0994. The van der Waals surface area contributed by atoms with Crippen LogP contribution in [0, 0.1) is 0 Å². The zero-order valence-corrected chi connectivity index (χ0v) is 23.9. The molecule has 1 fully saturated rings. The van der Waals surface area contributed by atoms with Gasteiger partial charge in [0.1, 0.15) is 6.54 Å². The average molecular weight is 584 g/mol. The van der Waals surface area contributed by atoms with Crippen LogP contribution in [0.5, 0.6) is 0 Å². The van der Waals surface area contributed by atoms with Gasteiger partial charge in [-0.15, -0.1) is 5.10 Å². The van der Waals surface area contributed by atoms with E-state index in [0.717, 1.165) is 16.9 Å². The van der Waals surface area contributed by atoms with Crippen molar-refractivity contribution in [2.75, 3.05) is 36.0 Å². The van der Waals surface area contributed by atoms with E-state index < -0.39 is 6.04 Å². The summed E-state index contributed by atoms with van der Waals surface area (Å²) < 4.78 is 0. The molecule has 218 valence electrons. The summed E-state index contributed by atoms with van der Waals surface area (Å²) in [6.45, 7) is 0.999. The number of anilines is 4. The van der Waals surface area contributed by atoms with Crippen molar-refractivity contribution in [3.05, 3.63) is 120 Å². The number of para-hydroxylation sites is 4. The maximum absolute atomic E-state index is 14.7. The quantitative estimate of drug-likeness (QED) is 0.277. The second-order valence-corrected chi connectivity index (χ2v) is 10.8. The first-order chi connectivity index (χ1) is 21.6. The second-order valence-electron chi connectivity index (χ2n) is 10.8. The Balaban J connectivity index is 1.24. The fraction of sp³-hybridized carbons (Fsp3) is 0.176. The molecule has 0 aromatic heterocycles. The molecule has 44 heavy (non-hydrogen) atoms. The van der Waals surface area contributed by atoms with E-state index >= 15 is 0 Å². The molecule has 4 amide bonds. The molecule has 0 saturated carbocycles. The molecule has 1 atom stereocenters. The van der Waals surface area contributed by atoms with Crippen LogP contribution in [-0.2, 0) is 6.42 Å². The number of piperazine rings is 1. The fourth-order valence-electron chi connectivity index (χ4n) is 6.05. The minimum atomic E-state index is -0.568. The topological polar surface area (TPSA) is 101 Å². The SMILES string of the molecule is O=C1Cc2ccccc2N(C(=O)N2CCN(C(=O)N(c3ccccc3)c3ccccc3)C[C@H]2C2=NN=NC2)c2ccccc21. The van der Waals surface area contributed by atoms with Crippen LogP contribution in [0.25, 0.3) is 0 Å². The molecular weight excluding hydrogens is 554 g/mol. The molecule has 3 heterocycles. The molecule has 0 spiro atoms. The Morgan fingerprint density at radius 1 is 0.750 bits per heavy atom. The van der Waals surface area contributed by atoms with Crippen molar-refractivity contribution in [3.8, 4) is 0 Å². The number of benzene rings is 4. The van der Waals surface area contributed by atoms with Gasteiger partial charge in [0.05, 0.1) is 34.5 Å². The first-order valence-corrected chi connectivity index (χ1v) is 14.5. The van der Waals surface area contributed by atoms with Gasteiger partial charge in [-0.1, -0.05) is 66.7 Å². The van der Waals surface area contributed by atoms with Gasteiger partial charge in [-0.3, -0.25) is 14.6 Å². The van der Waals surface area contributed by atoms with Gasteiger partial charge in [0.15, 0.2) is 5.78 Å². The highest BCUT2D eigenvalue weighted by Gasteiger charge is 2.41. The van der Waals surface area contributed by atoms with Gasteiger partial charge in [0.25, 0.3) is 0 Å². The normalized spacial score (nSPS) is 17.5. The highest BCUT2D eigenvalue weighted by Crippen LogP contribution is 2.38. The van der Waals surface area contributed by atoms with Gasteiger partial charge in [0, 0.05) is 31.6 Å². The van der Waals surface area contributed by atoms with E-state index in [-0.39, 0.29) is 43.9 Å². The number of ketones is 1. The summed E-state index contributed by atoms with van der Waals surface area (Å²) in [5.41, 5.74) is 4.55. The molecule has 10 heteroatoms. The van der Waals surface area contributed by atoms with Gasteiger partial charge in [-0.05, 0) is 53.3 Å². The summed E-state index contributed by atoms with van der Waals surface area (Å²) in [6, 6.07) is 32.6. The molecule has 10 nitrogen and oxygen atoms in total. The smallest absolute Gasteiger partial charge is 0.320 e. The summed E-state index contributed by atoms with van der Waals surface area (Å²) in [7, 11) is 0. The number of Topliss-reactive ketones (excluding diaryl/α,β-unsaturated/α-hetero) is 1. The Labute approximate surface area is 254 Å². The zero-order chi connectivity index (χ0) is 30.0. The molecule has 4 aromatic carbocycles. The molecule has 0 bridgehead atoms. The molecule has 0 aliphatic carbocycles. The predicted molar refractivity (Wildman–Crippen MR) is 168 cm³/mol. The van der Waals surface area contributed by atoms with Crippen LogP contribution in [0.3, 0.4) is 0 Å². The van der Waals surface area contributed by atoms with Crippen LogP contribution in [0.4, 0.5) is 32.3 Å². The van der Waals surface area contributed by atoms with Gasteiger partial charge in [-0.25, -0.2) is 9.59 Å². The van der Waals surface area contributed by atoms with Crippen molar-refractivity contribution in [2.45, 2.75) is 12.5 Å². The fourth-order valence-corrected chi connectivity index (χ4v) is 6.05. The Kier molecular flexibility index (Phi) is 7.15. The third-order valence-electron chi connectivity index (χ3n) is 8.19. The zero-order valence-electron chi connectivity index (χ0n) is 23.9. The lowest BCUT2D eigenvalue weighted by Gasteiger charge is -2.44. The molecule has 3 aliphatic rings. The van der Waals surface area contributed by atoms with Crippen molar-refractivity contribution in [2.24, 2.45) is 15.4 Å². The first-order valence-electron chi connectivity index (χ1n) is 14.5.